The van der Waals surface area contributed by atoms with Crippen molar-refractivity contribution in [3.05, 3.63) is 35.9 Å². The number of aliphatic imine (C=N–C) groups is 1. The maximum absolute atomic E-state index is 12.2. The highest BCUT2D eigenvalue weighted by Gasteiger charge is 2.19. The summed E-state index contributed by atoms with van der Waals surface area (Å²) < 4.78 is 12.2. The van der Waals surface area contributed by atoms with Crippen LogP contribution in [0.2, 0.25) is 0 Å². The van der Waals surface area contributed by atoms with E-state index in [1.807, 2.05) is 30.3 Å². The molecule has 2 rings (SSSR count). The molecule has 2 atom stereocenters. The third kappa shape index (κ3) is 9.69. The van der Waals surface area contributed by atoms with E-state index in [2.05, 4.69) is 29.4 Å². The van der Waals surface area contributed by atoms with Crippen molar-refractivity contribution in [2.75, 3.05) is 38.5 Å². The van der Waals surface area contributed by atoms with Gasteiger partial charge in [-0.1, -0.05) is 43.7 Å². The molecule has 0 saturated carbocycles. The fourth-order valence-corrected chi connectivity index (χ4v) is 4.60. The average molecular weight is 521 g/mol. The minimum absolute atomic E-state index is 0. The Hall–Kier alpha value is -0.670. The zero-order valence-electron chi connectivity index (χ0n) is 17.4. The van der Waals surface area contributed by atoms with Crippen LogP contribution in [0, 0.1) is 0 Å². The summed E-state index contributed by atoms with van der Waals surface area (Å²) in [6.45, 7) is 8.90. The van der Waals surface area contributed by atoms with Gasteiger partial charge in [-0.25, -0.2) is 0 Å². The van der Waals surface area contributed by atoms with Gasteiger partial charge in [-0.2, -0.15) is 0 Å². The van der Waals surface area contributed by atoms with Crippen molar-refractivity contribution in [2.45, 2.75) is 51.3 Å². The standard InChI is InChI=1S/C21H36N4OS.HI/c1-3-20-12-8-9-15-25(20)16-13-23-21(22-4-2)24-14-17-27(26)18-19-10-6-5-7-11-19;/h5-7,10-11,20H,3-4,8-9,12-18H2,1-2H3,(H2,22,23,24);1H. The number of hydrogen-bond acceptors (Lipinski definition) is 3. The van der Waals surface area contributed by atoms with Crippen molar-refractivity contribution in [3.8, 4) is 0 Å². The monoisotopic (exact) mass is 520 g/mol. The Bertz CT molecular complexity index is 585. The molecule has 0 spiro atoms. The first-order valence-corrected chi connectivity index (χ1v) is 11.9. The van der Waals surface area contributed by atoms with Crippen LogP contribution in [-0.2, 0) is 16.6 Å². The van der Waals surface area contributed by atoms with Crippen LogP contribution in [0.3, 0.4) is 0 Å². The van der Waals surface area contributed by atoms with Gasteiger partial charge < -0.3 is 10.6 Å². The van der Waals surface area contributed by atoms with E-state index in [0.29, 0.717) is 18.1 Å². The summed E-state index contributed by atoms with van der Waals surface area (Å²) in [5.74, 6) is 2.08. The molecule has 0 aromatic heterocycles. The van der Waals surface area contributed by atoms with Crippen molar-refractivity contribution in [3.63, 3.8) is 0 Å². The Morgan fingerprint density at radius 3 is 2.71 bits per heavy atom. The topological polar surface area (TPSA) is 56.7 Å². The third-order valence-electron chi connectivity index (χ3n) is 5.01. The lowest BCUT2D eigenvalue weighted by Crippen LogP contribution is -2.42. The van der Waals surface area contributed by atoms with Crippen molar-refractivity contribution in [2.24, 2.45) is 4.99 Å². The second-order valence-electron chi connectivity index (χ2n) is 7.06. The Morgan fingerprint density at radius 2 is 2.00 bits per heavy atom. The van der Waals surface area contributed by atoms with Gasteiger partial charge >= 0.3 is 0 Å². The quantitative estimate of drug-likeness (QED) is 0.282. The zero-order chi connectivity index (χ0) is 19.3. The number of piperidine rings is 1. The van der Waals surface area contributed by atoms with Crippen molar-refractivity contribution < 1.29 is 4.21 Å². The van der Waals surface area contributed by atoms with Crippen molar-refractivity contribution in [1.29, 1.82) is 0 Å². The first-order chi connectivity index (χ1) is 13.2. The van der Waals surface area contributed by atoms with Crippen LogP contribution in [0.25, 0.3) is 0 Å². The number of hydrogen-bond donors (Lipinski definition) is 2. The predicted octanol–water partition coefficient (Wildman–Crippen LogP) is 3.37. The fourth-order valence-electron chi connectivity index (χ4n) is 3.56. The van der Waals surface area contributed by atoms with E-state index in [-0.39, 0.29) is 24.0 Å². The summed E-state index contributed by atoms with van der Waals surface area (Å²) >= 11 is 0. The molecule has 1 aromatic rings. The van der Waals surface area contributed by atoms with Gasteiger partial charge in [0.25, 0.3) is 0 Å². The van der Waals surface area contributed by atoms with E-state index >= 15 is 0 Å². The lowest BCUT2D eigenvalue weighted by atomic mass is 10.0. The van der Waals surface area contributed by atoms with Crippen LogP contribution in [-0.4, -0.2) is 59.6 Å². The predicted molar refractivity (Wildman–Crippen MR) is 132 cm³/mol. The summed E-state index contributed by atoms with van der Waals surface area (Å²) in [5.41, 5.74) is 1.13. The number of likely N-dealkylation sites (tertiary alicyclic amines) is 1. The minimum atomic E-state index is -0.860. The van der Waals surface area contributed by atoms with E-state index in [9.17, 15) is 4.21 Å². The molecule has 160 valence electrons. The van der Waals surface area contributed by atoms with E-state index in [1.165, 1.54) is 32.2 Å². The fraction of sp³-hybridized carbons (Fsp3) is 0.667. The number of halogens is 1. The molecule has 1 aliphatic rings. The largest absolute Gasteiger partial charge is 0.357 e. The SMILES string of the molecule is CCNC(=NCCN1CCCCC1CC)NCCS(=O)Cc1ccccc1.I. The molecule has 0 bridgehead atoms. The van der Waals surface area contributed by atoms with Gasteiger partial charge in [-0.15, -0.1) is 24.0 Å². The molecule has 0 amide bonds. The van der Waals surface area contributed by atoms with Gasteiger partial charge in [-0.05, 0) is 38.3 Å². The Morgan fingerprint density at radius 1 is 1.21 bits per heavy atom. The Labute approximate surface area is 190 Å². The van der Waals surface area contributed by atoms with Gasteiger partial charge in [0, 0.05) is 48.0 Å². The molecule has 5 nitrogen and oxygen atoms in total. The van der Waals surface area contributed by atoms with E-state index < -0.39 is 10.8 Å². The van der Waals surface area contributed by atoms with Crippen LogP contribution in [0.1, 0.15) is 45.1 Å². The molecule has 0 radical (unpaired) electrons. The van der Waals surface area contributed by atoms with E-state index in [1.54, 1.807) is 0 Å². The molecular weight excluding hydrogens is 483 g/mol. The molecular formula is C21H37IN4OS. The summed E-state index contributed by atoms with van der Waals surface area (Å²) in [6.07, 6.45) is 5.23. The van der Waals surface area contributed by atoms with Gasteiger partial charge in [0.15, 0.2) is 5.96 Å². The second kappa shape index (κ2) is 15.2. The molecule has 2 unspecified atom stereocenters. The van der Waals surface area contributed by atoms with Crippen LogP contribution in [0.5, 0.6) is 0 Å². The molecule has 1 aliphatic heterocycles. The van der Waals surface area contributed by atoms with E-state index in [4.69, 9.17) is 4.99 Å². The summed E-state index contributed by atoms with van der Waals surface area (Å²) in [5, 5.41) is 6.62. The van der Waals surface area contributed by atoms with Crippen LogP contribution in [0.4, 0.5) is 0 Å². The lowest BCUT2D eigenvalue weighted by Gasteiger charge is -2.34. The highest BCUT2D eigenvalue weighted by molar-refractivity contribution is 14.0. The maximum Gasteiger partial charge on any atom is 0.191 e. The number of nitrogens with one attached hydrogen (secondary N) is 2. The summed E-state index contributed by atoms with van der Waals surface area (Å²) in [7, 11) is -0.860. The number of nitrogens with zero attached hydrogens (tertiary/aromatic N) is 2. The van der Waals surface area contributed by atoms with Crippen molar-refractivity contribution >= 4 is 40.7 Å². The van der Waals surface area contributed by atoms with E-state index in [0.717, 1.165) is 37.2 Å². The highest BCUT2D eigenvalue weighted by atomic mass is 127. The smallest absolute Gasteiger partial charge is 0.191 e. The van der Waals surface area contributed by atoms with Gasteiger partial charge in [-0.3, -0.25) is 14.1 Å². The molecule has 1 heterocycles. The Balaban J connectivity index is 0.00000392. The van der Waals surface area contributed by atoms with Crippen molar-refractivity contribution in [1.82, 2.24) is 15.5 Å². The number of guanidine groups is 1. The molecule has 2 N–H and O–H groups in total. The van der Waals surface area contributed by atoms with Crippen LogP contribution >= 0.6 is 24.0 Å². The Kier molecular flexibility index (Phi) is 13.8. The lowest BCUT2D eigenvalue weighted by molar-refractivity contribution is 0.148. The third-order valence-corrected chi connectivity index (χ3v) is 6.33. The minimum Gasteiger partial charge on any atom is -0.357 e. The average Bonchev–Trinajstić information content (AvgIpc) is 2.69. The molecule has 1 aromatic carbocycles. The molecule has 0 aliphatic carbocycles. The highest BCUT2D eigenvalue weighted by Crippen LogP contribution is 2.18. The first-order valence-electron chi connectivity index (χ1n) is 10.4. The second-order valence-corrected chi connectivity index (χ2v) is 8.63. The molecule has 1 fully saturated rings. The first kappa shape index (κ1) is 25.4. The van der Waals surface area contributed by atoms with Crippen LogP contribution < -0.4 is 10.6 Å². The van der Waals surface area contributed by atoms with Gasteiger partial charge in [0.2, 0.25) is 0 Å². The molecule has 7 heteroatoms. The summed E-state index contributed by atoms with van der Waals surface area (Å²) in [6, 6.07) is 10.8. The molecule has 28 heavy (non-hydrogen) atoms. The normalized spacial score (nSPS) is 18.9. The summed E-state index contributed by atoms with van der Waals surface area (Å²) in [4.78, 5) is 7.30. The van der Waals surface area contributed by atoms with Gasteiger partial charge in [0.05, 0.1) is 6.54 Å². The zero-order valence-corrected chi connectivity index (χ0v) is 20.5. The number of rotatable bonds is 10. The number of benzene rings is 1. The van der Waals surface area contributed by atoms with Gasteiger partial charge in [0.1, 0.15) is 0 Å². The maximum atomic E-state index is 12.2. The molecule has 1 saturated heterocycles. The van der Waals surface area contributed by atoms with Crippen LogP contribution in [0.15, 0.2) is 35.3 Å².